The number of carboxylic acid groups (broad SMARTS) is 1. The lowest BCUT2D eigenvalue weighted by molar-refractivity contribution is -0.155. The van der Waals surface area contributed by atoms with E-state index in [4.69, 9.17) is 5.73 Å². The minimum atomic E-state index is -1.22. The van der Waals surface area contributed by atoms with Gasteiger partial charge in [-0.05, 0) is 25.2 Å². The molecule has 1 saturated carbocycles. The Morgan fingerprint density at radius 2 is 1.94 bits per heavy atom. The van der Waals surface area contributed by atoms with Crippen LogP contribution in [0.2, 0.25) is 0 Å². The van der Waals surface area contributed by atoms with E-state index >= 15 is 0 Å². The number of aliphatic carboxylic acids is 1. The van der Waals surface area contributed by atoms with Crippen molar-refractivity contribution in [2.24, 2.45) is 17.6 Å². The Morgan fingerprint density at radius 1 is 1.25 bits per heavy atom. The van der Waals surface area contributed by atoms with Crippen LogP contribution in [-0.4, -0.2) is 74.4 Å². The minimum Gasteiger partial charge on any atom is -0.480 e. The smallest absolute Gasteiger partial charge is 0.323 e. The topological polar surface area (TPSA) is 133 Å². The molecule has 2 amide bonds. The lowest BCUT2D eigenvalue weighted by Crippen LogP contribution is -2.53. The molecule has 1 unspecified atom stereocenters. The number of imidazole rings is 1. The first-order valence-electron chi connectivity index (χ1n) is 10.9. The lowest BCUT2D eigenvalue weighted by atomic mass is 9.79. The van der Waals surface area contributed by atoms with E-state index in [1.54, 1.807) is 6.33 Å². The highest BCUT2D eigenvalue weighted by Crippen LogP contribution is 2.38. The Bertz CT molecular complexity index is 741. The van der Waals surface area contributed by atoms with Crippen LogP contribution in [0.5, 0.6) is 0 Å². The van der Waals surface area contributed by atoms with E-state index in [1.165, 1.54) is 39.0 Å². The van der Waals surface area contributed by atoms with Crippen molar-refractivity contribution in [2.75, 3.05) is 19.6 Å². The second kappa shape index (κ2) is 13.1. The maximum atomic E-state index is 13.3. The fraction of sp³-hybridized carbons (Fsp3) is 0.714. The number of imide groups is 1. The van der Waals surface area contributed by atoms with E-state index in [0.717, 1.165) is 17.1 Å². The number of hydrogen-bond donors (Lipinski definition) is 3. The number of halogens is 2. The number of nitrogens with zero attached hydrogens (tertiary/aromatic N) is 3. The second-order valence-electron chi connectivity index (χ2n) is 8.66. The fourth-order valence-corrected chi connectivity index (χ4v) is 4.90. The molecule has 1 aromatic rings. The molecule has 1 aliphatic carbocycles. The first-order valence-corrected chi connectivity index (χ1v) is 10.9. The third-order valence-corrected chi connectivity index (χ3v) is 6.46. The van der Waals surface area contributed by atoms with Gasteiger partial charge >= 0.3 is 5.97 Å². The predicted molar refractivity (Wildman–Crippen MR) is 125 cm³/mol. The zero-order valence-electron chi connectivity index (χ0n) is 18.4. The van der Waals surface area contributed by atoms with Gasteiger partial charge in [0.2, 0.25) is 11.8 Å². The van der Waals surface area contributed by atoms with Crippen LogP contribution in [-0.2, 0) is 20.8 Å². The maximum absolute atomic E-state index is 13.3. The molecule has 2 heterocycles. The highest BCUT2D eigenvalue weighted by Gasteiger charge is 2.43. The van der Waals surface area contributed by atoms with Gasteiger partial charge in [0.05, 0.1) is 24.1 Å². The van der Waals surface area contributed by atoms with Crippen LogP contribution >= 0.6 is 24.8 Å². The zero-order chi connectivity index (χ0) is 21.7. The second-order valence-corrected chi connectivity index (χ2v) is 8.66. The number of likely N-dealkylation sites (tertiary alicyclic amines) is 1. The van der Waals surface area contributed by atoms with Gasteiger partial charge in [0.15, 0.2) is 0 Å². The van der Waals surface area contributed by atoms with Crippen LogP contribution in [0.15, 0.2) is 12.5 Å². The monoisotopic (exact) mass is 491 g/mol. The number of aromatic nitrogens is 2. The minimum absolute atomic E-state index is 0. The first-order chi connectivity index (χ1) is 14.4. The summed E-state index contributed by atoms with van der Waals surface area (Å²) in [6.07, 6.45) is 10.9. The van der Waals surface area contributed by atoms with Gasteiger partial charge in [-0.15, -0.1) is 24.8 Å². The van der Waals surface area contributed by atoms with Crippen molar-refractivity contribution in [3.63, 3.8) is 0 Å². The Hall–Kier alpha value is -1.68. The maximum Gasteiger partial charge on any atom is 0.323 e. The van der Waals surface area contributed by atoms with E-state index in [0.29, 0.717) is 31.2 Å². The zero-order valence-corrected chi connectivity index (χ0v) is 20.1. The quantitative estimate of drug-likeness (QED) is 0.505. The molecule has 1 saturated heterocycles. The Balaban J connectivity index is 0.00000256. The molecule has 0 bridgehead atoms. The van der Waals surface area contributed by atoms with Gasteiger partial charge in [-0.1, -0.05) is 32.1 Å². The van der Waals surface area contributed by atoms with Gasteiger partial charge in [-0.25, -0.2) is 4.98 Å². The summed E-state index contributed by atoms with van der Waals surface area (Å²) in [7, 11) is 0. The number of amides is 2. The fourth-order valence-electron chi connectivity index (χ4n) is 4.90. The highest BCUT2D eigenvalue weighted by atomic mass is 35.5. The summed E-state index contributed by atoms with van der Waals surface area (Å²) in [4.78, 5) is 47.3. The van der Waals surface area contributed by atoms with E-state index < -0.39 is 36.4 Å². The molecule has 32 heavy (non-hydrogen) atoms. The van der Waals surface area contributed by atoms with E-state index in [9.17, 15) is 19.5 Å². The molecule has 2 aliphatic rings. The Morgan fingerprint density at radius 3 is 2.50 bits per heavy atom. The standard InChI is InChI=1S/C21H33N5O4.2ClH/c1-14(22)20(29)26(12-19(27)28)21(30)18-9-16(15-5-3-2-4-6-15)11-25(18)8-7-17-10-23-13-24-17;;/h10,13-16,18H,2-9,11-12,22H2,1H3,(H,23,24)(H,27,28);2*1H/t14-,16?,18-;;/m0../s1. The Kier molecular flexibility index (Phi) is 11.6. The van der Waals surface area contributed by atoms with Crippen molar-refractivity contribution in [3.8, 4) is 0 Å². The van der Waals surface area contributed by atoms with Gasteiger partial charge in [0.25, 0.3) is 0 Å². The Labute approximate surface area is 201 Å². The average molecular weight is 492 g/mol. The number of nitrogens with two attached hydrogens (primary N) is 1. The van der Waals surface area contributed by atoms with Gasteiger partial charge in [0, 0.05) is 25.7 Å². The number of rotatable bonds is 8. The number of carbonyl (C=O) groups is 3. The van der Waals surface area contributed by atoms with Crippen molar-refractivity contribution in [2.45, 2.75) is 64.0 Å². The molecule has 0 aromatic carbocycles. The molecule has 0 spiro atoms. The number of nitrogens with one attached hydrogen (secondary N) is 1. The van der Waals surface area contributed by atoms with Crippen molar-refractivity contribution in [1.29, 1.82) is 0 Å². The number of carboxylic acids is 1. The van der Waals surface area contributed by atoms with Gasteiger partial charge in [-0.2, -0.15) is 0 Å². The van der Waals surface area contributed by atoms with Crippen molar-refractivity contribution >= 4 is 42.6 Å². The third-order valence-electron chi connectivity index (χ3n) is 6.46. The highest BCUT2D eigenvalue weighted by molar-refractivity contribution is 6.02. The van der Waals surface area contributed by atoms with Crippen molar-refractivity contribution < 1.29 is 19.5 Å². The third kappa shape index (κ3) is 7.16. The van der Waals surface area contributed by atoms with Crippen LogP contribution in [0.25, 0.3) is 0 Å². The summed E-state index contributed by atoms with van der Waals surface area (Å²) >= 11 is 0. The molecule has 3 atom stereocenters. The van der Waals surface area contributed by atoms with E-state index in [-0.39, 0.29) is 24.8 Å². The number of hydrogen-bond acceptors (Lipinski definition) is 6. The summed E-state index contributed by atoms with van der Waals surface area (Å²) in [6.45, 7) is 2.24. The molecule has 4 N–H and O–H groups in total. The van der Waals surface area contributed by atoms with Crippen LogP contribution in [0.1, 0.15) is 51.1 Å². The van der Waals surface area contributed by atoms with Crippen LogP contribution in [0.3, 0.4) is 0 Å². The largest absolute Gasteiger partial charge is 0.480 e. The van der Waals surface area contributed by atoms with E-state index in [2.05, 4.69) is 14.9 Å². The molecule has 11 heteroatoms. The summed E-state index contributed by atoms with van der Waals surface area (Å²) < 4.78 is 0. The molecule has 9 nitrogen and oxygen atoms in total. The summed E-state index contributed by atoms with van der Waals surface area (Å²) in [5, 5.41) is 9.24. The molecule has 1 aromatic heterocycles. The van der Waals surface area contributed by atoms with Gasteiger partial charge in [-0.3, -0.25) is 24.2 Å². The normalized spacial score (nSPS) is 22.4. The number of aromatic amines is 1. The van der Waals surface area contributed by atoms with Crippen molar-refractivity contribution in [1.82, 2.24) is 19.8 Å². The molecule has 1 aliphatic heterocycles. The summed E-state index contributed by atoms with van der Waals surface area (Å²) in [6, 6.07) is -1.43. The van der Waals surface area contributed by atoms with Crippen LogP contribution in [0, 0.1) is 11.8 Å². The van der Waals surface area contributed by atoms with E-state index in [1.807, 2.05) is 6.20 Å². The van der Waals surface area contributed by atoms with Crippen molar-refractivity contribution in [3.05, 3.63) is 18.2 Å². The molecule has 0 radical (unpaired) electrons. The van der Waals surface area contributed by atoms with Crippen LogP contribution < -0.4 is 5.73 Å². The average Bonchev–Trinajstić information content (AvgIpc) is 3.39. The molecular formula is C21H35Cl2N5O4. The first kappa shape index (κ1) is 28.4. The summed E-state index contributed by atoms with van der Waals surface area (Å²) in [5.41, 5.74) is 6.60. The molecule has 182 valence electrons. The van der Waals surface area contributed by atoms with Crippen LogP contribution in [0.4, 0.5) is 0 Å². The molecule has 3 rings (SSSR count). The number of H-pyrrole nitrogens is 1. The molecular weight excluding hydrogens is 457 g/mol. The predicted octanol–water partition coefficient (Wildman–Crippen LogP) is 1.85. The van der Waals surface area contributed by atoms with Gasteiger partial charge < -0.3 is 15.8 Å². The lowest BCUT2D eigenvalue weighted by Gasteiger charge is -2.29. The SMILES string of the molecule is C[C@H](N)C(=O)N(CC(=O)O)C(=O)[C@@H]1CC(C2CCCCC2)CN1CCc1c[nH]cn1.Cl.Cl. The van der Waals surface area contributed by atoms with Gasteiger partial charge in [0.1, 0.15) is 6.54 Å². The number of carbonyl (C=O) groups excluding carboxylic acids is 2. The molecule has 2 fully saturated rings. The summed E-state index contributed by atoms with van der Waals surface area (Å²) in [5.74, 6) is -1.34.